The molecule has 8 heteroatoms. The van der Waals surface area contributed by atoms with Crippen molar-refractivity contribution in [2.45, 2.75) is 26.3 Å². The third kappa shape index (κ3) is 6.08. The Labute approximate surface area is 144 Å². The predicted octanol–water partition coefficient (Wildman–Crippen LogP) is 2.18. The molecule has 0 aliphatic rings. The highest BCUT2D eigenvalue weighted by Crippen LogP contribution is 2.24. The average Bonchev–Trinajstić information content (AvgIpc) is 2.50. The molecule has 0 fully saturated rings. The van der Waals surface area contributed by atoms with Crippen LogP contribution in [0.3, 0.4) is 0 Å². The maximum absolute atomic E-state index is 11.9. The Morgan fingerprint density at radius 2 is 1.83 bits per heavy atom. The fourth-order valence-electron chi connectivity index (χ4n) is 1.65. The molecule has 0 unspecified atom stereocenters. The minimum absolute atomic E-state index is 0.00243. The molecule has 0 bridgehead atoms. The average molecular weight is 361 g/mol. The largest absolute Gasteiger partial charge is 0.452 e. The molecular weight excluding hydrogens is 343 g/mol. The molecule has 1 rings (SSSR count). The Bertz CT molecular complexity index is 573. The number of amides is 2. The maximum Gasteiger partial charge on any atom is 0.341 e. The molecule has 0 heterocycles. The van der Waals surface area contributed by atoms with Crippen molar-refractivity contribution >= 4 is 41.0 Å². The van der Waals surface area contributed by atoms with Gasteiger partial charge in [0.15, 0.2) is 6.61 Å². The van der Waals surface area contributed by atoms with Gasteiger partial charge in [0.2, 0.25) is 5.91 Å². The SMILES string of the molecule is CCCNC(=O)[C@@H](C)NC(=O)COC(=O)c1c(Cl)cccc1Cl. The van der Waals surface area contributed by atoms with E-state index in [1.54, 1.807) is 6.07 Å². The van der Waals surface area contributed by atoms with Crippen LogP contribution in [0.5, 0.6) is 0 Å². The van der Waals surface area contributed by atoms with E-state index in [9.17, 15) is 14.4 Å². The molecule has 0 aliphatic carbocycles. The summed E-state index contributed by atoms with van der Waals surface area (Å²) < 4.78 is 4.86. The molecule has 0 aliphatic heterocycles. The Morgan fingerprint density at radius 1 is 1.22 bits per heavy atom. The fourth-order valence-corrected chi connectivity index (χ4v) is 2.20. The lowest BCUT2D eigenvalue weighted by Gasteiger charge is -2.14. The lowest BCUT2D eigenvalue weighted by atomic mass is 10.2. The van der Waals surface area contributed by atoms with Crippen molar-refractivity contribution in [1.29, 1.82) is 0 Å². The number of carbonyl (C=O) groups is 3. The first kappa shape index (κ1) is 19.3. The van der Waals surface area contributed by atoms with Crippen LogP contribution < -0.4 is 10.6 Å². The third-order valence-corrected chi connectivity index (χ3v) is 3.45. The highest BCUT2D eigenvalue weighted by atomic mass is 35.5. The van der Waals surface area contributed by atoms with Gasteiger partial charge in [-0.3, -0.25) is 9.59 Å². The van der Waals surface area contributed by atoms with Crippen molar-refractivity contribution in [3.05, 3.63) is 33.8 Å². The molecule has 126 valence electrons. The molecular formula is C15H18Cl2N2O4. The van der Waals surface area contributed by atoms with Gasteiger partial charge in [-0.25, -0.2) is 4.79 Å². The Kier molecular flexibility index (Phi) is 7.85. The molecule has 0 saturated heterocycles. The Morgan fingerprint density at radius 3 is 2.39 bits per heavy atom. The van der Waals surface area contributed by atoms with Crippen molar-refractivity contribution in [3.63, 3.8) is 0 Å². The first-order chi connectivity index (χ1) is 10.9. The van der Waals surface area contributed by atoms with Crippen molar-refractivity contribution in [1.82, 2.24) is 10.6 Å². The quantitative estimate of drug-likeness (QED) is 0.729. The Balaban J connectivity index is 2.50. The number of nitrogens with one attached hydrogen (secondary N) is 2. The van der Waals surface area contributed by atoms with Crippen LogP contribution in [0.2, 0.25) is 10.0 Å². The third-order valence-electron chi connectivity index (χ3n) is 2.82. The van der Waals surface area contributed by atoms with Crippen LogP contribution in [0.15, 0.2) is 18.2 Å². The molecule has 1 aromatic rings. The van der Waals surface area contributed by atoms with Crippen LogP contribution in [0, 0.1) is 0 Å². The second-order valence-electron chi connectivity index (χ2n) is 4.75. The number of carbonyl (C=O) groups excluding carboxylic acids is 3. The summed E-state index contributed by atoms with van der Waals surface area (Å²) in [5.41, 5.74) is -0.00243. The lowest BCUT2D eigenvalue weighted by molar-refractivity contribution is -0.130. The van der Waals surface area contributed by atoms with Crippen molar-refractivity contribution in [2.24, 2.45) is 0 Å². The number of hydrogen-bond acceptors (Lipinski definition) is 4. The zero-order chi connectivity index (χ0) is 17.4. The first-order valence-corrected chi connectivity index (χ1v) is 7.80. The molecule has 2 amide bonds. The van der Waals surface area contributed by atoms with Gasteiger partial charge in [-0.2, -0.15) is 0 Å². The summed E-state index contributed by atoms with van der Waals surface area (Å²) in [6.45, 7) is 3.45. The van der Waals surface area contributed by atoms with E-state index in [-0.39, 0.29) is 21.5 Å². The minimum atomic E-state index is -0.807. The van der Waals surface area contributed by atoms with Crippen molar-refractivity contribution in [2.75, 3.05) is 13.2 Å². The van der Waals surface area contributed by atoms with Gasteiger partial charge in [0.1, 0.15) is 6.04 Å². The maximum atomic E-state index is 11.9. The standard InChI is InChI=1S/C15H18Cl2N2O4/c1-3-7-18-14(21)9(2)19-12(20)8-23-15(22)13-10(16)5-4-6-11(13)17/h4-6,9H,3,7-8H2,1-2H3,(H,18,21)(H,19,20)/t9-/m1/s1. The Hall–Kier alpha value is -1.79. The van der Waals surface area contributed by atoms with E-state index in [1.807, 2.05) is 6.92 Å². The summed E-state index contributed by atoms with van der Waals surface area (Å²) in [7, 11) is 0. The molecule has 1 aromatic carbocycles. The molecule has 0 saturated carbocycles. The van der Waals surface area contributed by atoms with Gasteiger partial charge in [-0.1, -0.05) is 36.2 Å². The molecule has 0 aromatic heterocycles. The van der Waals surface area contributed by atoms with Gasteiger partial charge in [0.05, 0.1) is 15.6 Å². The van der Waals surface area contributed by atoms with E-state index < -0.39 is 24.5 Å². The van der Waals surface area contributed by atoms with E-state index in [4.69, 9.17) is 27.9 Å². The first-order valence-electron chi connectivity index (χ1n) is 7.05. The topological polar surface area (TPSA) is 84.5 Å². The summed E-state index contributed by atoms with van der Waals surface area (Å²) in [6.07, 6.45) is 0.794. The summed E-state index contributed by atoms with van der Waals surface area (Å²) in [5, 5.41) is 5.35. The minimum Gasteiger partial charge on any atom is -0.452 e. The zero-order valence-electron chi connectivity index (χ0n) is 12.8. The van der Waals surface area contributed by atoms with Crippen molar-refractivity contribution < 1.29 is 19.1 Å². The van der Waals surface area contributed by atoms with Gasteiger partial charge >= 0.3 is 5.97 Å². The number of benzene rings is 1. The van der Waals surface area contributed by atoms with Crippen LogP contribution in [0.1, 0.15) is 30.6 Å². The molecule has 0 radical (unpaired) electrons. The van der Waals surface area contributed by atoms with E-state index in [0.717, 1.165) is 6.42 Å². The van der Waals surface area contributed by atoms with Crippen LogP contribution in [0.4, 0.5) is 0 Å². The van der Waals surface area contributed by atoms with Gasteiger partial charge in [0.25, 0.3) is 5.91 Å². The summed E-state index contributed by atoms with van der Waals surface area (Å²) in [4.78, 5) is 35.2. The van der Waals surface area contributed by atoms with Gasteiger partial charge < -0.3 is 15.4 Å². The number of hydrogen-bond donors (Lipinski definition) is 2. The van der Waals surface area contributed by atoms with Gasteiger partial charge in [0, 0.05) is 6.54 Å². The highest BCUT2D eigenvalue weighted by molar-refractivity contribution is 6.39. The molecule has 1 atom stereocenters. The van der Waals surface area contributed by atoms with E-state index in [0.29, 0.717) is 6.54 Å². The van der Waals surface area contributed by atoms with E-state index in [2.05, 4.69) is 10.6 Å². The number of halogens is 2. The highest BCUT2D eigenvalue weighted by Gasteiger charge is 2.19. The number of ether oxygens (including phenoxy) is 1. The molecule has 6 nitrogen and oxygen atoms in total. The molecule has 23 heavy (non-hydrogen) atoms. The van der Waals surface area contributed by atoms with E-state index in [1.165, 1.54) is 19.1 Å². The summed E-state index contributed by atoms with van der Waals surface area (Å²) in [5.74, 6) is -1.71. The van der Waals surface area contributed by atoms with Gasteiger partial charge in [-0.05, 0) is 25.5 Å². The number of esters is 1. The lowest BCUT2D eigenvalue weighted by Crippen LogP contribution is -2.46. The number of rotatable bonds is 7. The fraction of sp³-hybridized carbons (Fsp3) is 0.400. The normalized spacial score (nSPS) is 11.5. The second-order valence-corrected chi connectivity index (χ2v) is 5.57. The second kappa shape index (κ2) is 9.37. The zero-order valence-corrected chi connectivity index (χ0v) is 14.3. The monoisotopic (exact) mass is 360 g/mol. The molecule has 0 spiro atoms. The molecule has 2 N–H and O–H groups in total. The van der Waals surface area contributed by atoms with Crippen LogP contribution >= 0.6 is 23.2 Å². The van der Waals surface area contributed by atoms with Crippen LogP contribution in [0.25, 0.3) is 0 Å². The van der Waals surface area contributed by atoms with Crippen LogP contribution in [-0.2, 0) is 14.3 Å². The summed E-state index contributed by atoms with van der Waals surface area (Å²) in [6, 6.07) is 3.84. The van der Waals surface area contributed by atoms with Crippen LogP contribution in [-0.4, -0.2) is 37.0 Å². The van der Waals surface area contributed by atoms with Crippen molar-refractivity contribution in [3.8, 4) is 0 Å². The predicted molar refractivity (Wildman–Crippen MR) is 87.6 cm³/mol. The van der Waals surface area contributed by atoms with Gasteiger partial charge in [-0.15, -0.1) is 0 Å². The van der Waals surface area contributed by atoms with E-state index >= 15 is 0 Å². The smallest absolute Gasteiger partial charge is 0.341 e. The summed E-state index contributed by atoms with van der Waals surface area (Å²) >= 11 is 11.8.